The molecule has 15 atom stereocenters. The van der Waals surface area contributed by atoms with Gasteiger partial charge in [0.25, 0.3) is 0 Å². The number of esters is 2. The standard InChI is InChI=1S/C29H40O12/c1-12-21(32)22(33)23(34)24(39-12)40-14-8-18(30)29-20-16(3-5-27(29,36)9-14)28(37)6-4-15(13-7-19(31)38-11-13)26(28,2)10-17(20)41-25(29)35/h7,12,14-18,20-24,30,32-34,36-37H,3-6,8-11H2,1-2H3/t12-,14?,15?,16?,17-,18?,20?,21+,22+,23+,24?,26?,27?,28?,29?/m1/s1. The number of fused-ring (bicyclic) bond motifs is 2. The zero-order chi connectivity index (χ0) is 29.3. The molecule has 7 rings (SSSR count). The van der Waals surface area contributed by atoms with Crippen molar-refractivity contribution in [2.75, 3.05) is 6.61 Å². The average molecular weight is 581 g/mol. The van der Waals surface area contributed by atoms with Gasteiger partial charge in [0, 0.05) is 30.3 Å². The Bertz CT molecular complexity index is 1170. The predicted octanol–water partition coefficient (Wildman–Crippen LogP) is -0.943. The van der Waals surface area contributed by atoms with Crippen molar-refractivity contribution in [3.8, 4) is 0 Å². The van der Waals surface area contributed by atoms with Gasteiger partial charge in [-0.3, -0.25) is 4.79 Å². The number of cyclic esters (lactones) is 1. The summed E-state index contributed by atoms with van der Waals surface area (Å²) < 4.78 is 22.7. The Kier molecular flexibility index (Phi) is 6.14. The molecule has 228 valence electrons. The summed E-state index contributed by atoms with van der Waals surface area (Å²) in [7, 11) is 0. The van der Waals surface area contributed by atoms with Gasteiger partial charge in [0.15, 0.2) is 6.29 Å². The molecule has 1 spiro atoms. The number of aliphatic hydroxyl groups is 6. The average Bonchev–Trinajstić information content (AvgIpc) is 3.54. The minimum atomic E-state index is -1.71. The highest BCUT2D eigenvalue weighted by molar-refractivity contribution is 5.85. The number of aliphatic hydroxyl groups excluding tert-OH is 4. The Hall–Kier alpha value is -1.64. The van der Waals surface area contributed by atoms with E-state index in [9.17, 15) is 40.2 Å². The molecule has 0 aromatic carbocycles. The van der Waals surface area contributed by atoms with Crippen molar-refractivity contribution in [3.63, 3.8) is 0 Å². The molecule has 4 saturated carbocycles. The Labute approximate surface area is 237 Å². The van der Waals surface area contributed by atoms with Crippen LogP contribution in [-0.4, -0.2) is 109 Å². The second-order valence-electron chi connectivity index (χ2n) is 13.9. The monoisotopic (exact) mass is 580 g/mol. The van der Waals surface area contributed by atoms with Gasteiger partial charge in [-0.25, -0.2) is 4.79 Å². The van der Waals surface area contributed by atoms with Crippen molar-refractivity contribution in [2.24, 2.45) is 28.6 Å². The molecule has 6 fully saturated rings. The van der Waals surface area contributed by atoms with Gasteiger partial charge in [0.1, 0.15) is 36.4 Å². The normalized spacial score (nSPS) is 57.8. The Morgan fingerprint density at radius 2 is 1.76 bits per heavy atom. The third-order valence-corrected chi connectivity index (χ3v) is 12.2. The molecule has 12 heteroatoms. The van der Waals surface area contributed by atoms with E-state index in [-0.39, 0.29) is 31.8 Å². The van der Waals surface area contributed by atoms with Crippen molar-refractivity contribution >= 4 is 11.9 Å². The van der Waals surface area contributed by atoms with Crippen LogP contribution in [0.3, 0.4) is 0 Å². The maximum absolute atomic E-state index is 13.8. The van der Waals surface area contributed by atoms with E-state index in [0.717, 1.165) is 5.57 Å². The van der Waals surface area contributed by atoms with E-state index < -0.39 is 94.8 Å². The van der Waals surface area contributed by atoms with Crippen molar-refractivity contribution in [3.05, 3.63) is 11.6 Å². The van der Waals surface area contributed by atoms with E-state index in [1.165, 1.54) is 13.0 Å². The van der Waals surface area contributed by atoms with Crippen molar-refractivity contribution in [1.82, 2.24) is 0 Å². The Morgan fingerprint density at radius 3 is 2.46 bits per heavy atom. The first-order chi connectivity index (χ1) is 19.3. The third-order valence-electron chi connectivity index (χ3n) is 12.2. The summed E-state index contributed by atoms with van der Waals surface area (Å²) in [6, 6.07) is 0. The molecular weight excluding hydrogens is 540 g/mol. The van der Waals surface area contributed by atoms with Crippen molar-refractivity contribution in [1.29, 1.82) is 0 Å². The molecule has 4 aliphatic carbocycles. The molecule has 3 aliphatic heterocycles. The van der Waals surface area contributed by atoms with Crippen LogP contribution >= 0.6 is 0 Å². The number of carbonyl (C=O) groups is 2. The fourth-order valence-corrected chi connectivity index (χ4v) is 10.4. The van der Waals surface area contributed by atoms with Crippen LogP contribution in [0.5, 0.6) is 0 Å². The van der Waals surface area contributed by atoms with E-state index >= 15 is 0 Å². The lowest BCUT2D eigenvalue weighted by Crippen LogP contribution is -2.73. The molecule has 7 aliphatic rings. The second kappa shape index (κ2) is 8.95. The number of carbonyl (C=O) groups excluding carboxylic acids is 2. The summed E-state index contributed by atoms with van der Waals surface area (Å²) in [4.78, 5) is 25.7. The molecule has 12 nitrogen and oxygen atoms in total. The lowest BCUT2D eigenvalue weighted by Gasteiger charge is -2.64. The van der Waals surface area contributed by atoms with E-state index in [0.29, 0.717) is 25.7 Å². The molecule has 0 radical (unpaired) electrons. The summed E-state index contributed by atoms with van der Waals surface area (Å²) in [5.41, 5.74) is -4.41. The van der Waals surface area contributed by atoms with Gasteiger partial charge in [0.2, 0.25) is 0 Å². The largest absolute Gasteiger partial charge is 0.461 e. The quantitative estimate of drug-likeness (QED) is 0.178. The molecule has 0 aromatic heterocycles. The summed E-state index contributed by atoms with van der Waals surface area (Å²) in [6.45, 7) is 3.71. The van der Waals surface area contributed by atoms with E-state index in [1.807, 2.05) is 6.92 Å². The van der Waals surface area contributed by atoms with Crippen LogP contribution in [0, 0.1) is 28.6 Å². The minimum absolute atomic E-state index is 0.0423. The van der Waals surface area contributed by atoms with Crippen LogP contribution in [0.15, 0.2) is 11.6 Å². The number of hydrogen-bond acceptors (Lipinski definition) is 12. The number of hydrogen-bond donors (Lipinski definition) is 6. The first-order valence-corrected chi connectivity index (χ1v) is 14.8. The lowest BCUT2D eigenvalue weighted by molar-refractivity contribution is -0.324. The van der Waals surface area contributed by atoms with Gasteiger partial charge in [-0.05, 0) is 56.4 Å². The van der Waals surface area contributed by atoms with Gasteiger partial charge in [-0.1, -0.05) is 6.92 Å². The zero-order valence-corrected chi connectivity index (χ0v) is 23.2. The first-order valence-electron chi connectivity index (χ1n) is 14.8. The van der Waals surface area contributed by atoms with Crippen LogP contribution < -0.4 is 0 Å². The molecule has 0 aromatic rings. The third kappa shape index (κ3) is 3.44. The molecule has 3 heterocycles. The highest BCUT2D eigenvalue weighted by atomic mass is 16.7. The fraction of sp³-hybridized carbons (Fsp3) is 0.862. The van der Waals surface area contributed by atoms with Crippen molar-refractivity contribution < 1.29 is 59.2 Å². The summed E-state index contributed by atoms with van der Waals surface area (Å²) in [5, 5.41) is 67.1. The van der Waals surface area contributed by atoms with Gasteiger partial charge >= 0.3 is 11.9 Å². The molecule has 0 amide bonds. The number of ether oxygens (including phenoxy) is 4. The number of rotatable bonds is 3. The maximum Gasteiger partial charge on any atom is 0.331 e. The molecule has 0 bridgehead atoms. The van der Waals surface area contributed by atoms with Crippen LogP contribution in [0.2, 0.25) is 0 Å². The molecule has 10 unspecified atom stereocenters. The zero-order valence-electron chi connectivity index (χ0n) is 23.2. The molecule has 6 N–H and O–H groups in total. The Balaban J connectivity index is 1.19. The highest BCUT2D eigenvalue weighted by Crippen LogP contribution is 2.73. The predicted molar refractivity (Wildman–Crippen MR) is 135 cm³/mol. The minimum Gasteiger partial charge on any atom is -0.461 e. The van der Waals surface area contributed by atoms with Crippen LogP contribution in [0.1, 0.15) is 58.8 Å². The molecule has 2 saturated heterocycles. The summed E-state index contributed by atoms with van der Waals surface area (Å²) >= 11 is 0. The first kappa shape index (κ1) is 28.1. The maximum atomic E-state index is 13.8. The van der Waals surface area contributed by atoms with Gasteiger partial charge in [0.05, 0.1) is 29.5 Å². The smallest absolute Gasteiger partial charge is 0.331 e. The highest BCUT2D eigenvalue weighted by Gasteiger charge is 2.81. The van der Waals surface area contributed by atoms with Gasteiger partial charge in [-0.2, -0.15) is 0 Å². The molecular formula is C29H40O12. The van der Waals surface area contributed by atoms with E-state index in [4.69, 9.17) is 18.9 Å². The van der Waals surface area contributed by atoms with Crippen LogP contribution in [0.4, 0.5) is 0 Å². The lowest BCUT2D eigenvalue weighted by atomic mass is 9.41. The van der Waals surface area contributed by atoms with E-state index in [1.54, 1.807) is 0 Å². The second-order valence-corrected chi connectivity index (χ2v) is 13.9. The van der Waals surface area contributed by atoms with Gasteiger partial charge < -0.3 is 49.6 Å². The van der Waals surface area contributed by atoms with Crippen molar-refractivity contribution in [2.45, 2.75) is 119 Å². The van der Waals surface area contributed by atoms with Crippen LogP contribution in [-0.2, 0) is 28.5 Å². The van der Waals surface area contributed by atoms with E-state index in [2.05, 4.69) is 0 Å². The van der Waals surface area contributed by atoms with Crippen LogP contribution in [0.25, 0.3) is 0 Å². The SMILES string of the molecule is C[C@H]1OC(OC2CC(O)C34C(=O)O[C@@H]5CC6(C)C(C7=CC(=O)OC7)CCC6(O)C(CCC3(O)C2)C54)[C@@H](O)[C@@H](O)[C@H]1O. The fourth-order valence-electron chi connectivity index (χ4n) is 10.4. The summed E-state index contributed by atoms with van der Waals surface area (Å²) in [5.74, 6) is -2.23. The topological polar surface area (TPSA) is 192 Å². The molecule has 41 heavy (non-hydrogen) atoms. The summed E-state index contributed by atoms with van der Waals surface area (Å²) in [6.07, 6.45) is -5.91. The van der Waals surface area contributed by atoms with Gasteiger partial charge in [-0.15, -0.1) is 0 Å². The Morgan fingerprint density at radius 1 is 1.00 bits per heavy atom.